The van der Waals surface area contributed by atoms with E-state index in [1.165, 1.54) is 42.8 Å². The van der Waals surface area contributed by atoms with Gasteiger partial charge < -0.3 is 9.84 Å². The fraction of sp³-hybridized carbons (Fsp3) is 0.682. The van der Waals surface area contributed by atoms with Gasteiger partial charge in [-0.2, -0.15) is 23.5 Å². The SMILES string of the molecule is O=C(O)CCCCSCC[C@@H]1[C@H](CCSCc2ccccc2)[C@@H]2CC[C@H]1O2. The minimum Gasteiger partial charge on any atom is -0.481 e. The first-order chi connectivity index (χ1) is 13.2. The van der Waals surface area contributed by atoms with Crippen LogP contribution in [-0.2, 0) is 15.3 Å². The Kier molecular flexibility index (Phi) is 8.88. The highest BCUT2D eigenvalue weighted by Crippen LogP contribution is 2.47. The quantitative estimate of drug-likeness (QED) is 0.438. The van der Waals surface area contributed by atoms with E-state index >= 15 is 0 Å². The minimum atomic E-state index is -0.674. The first kappa shape index (κ1) is 21.1. The van der Waals surface area contributed by atoms with Gasteiger partial charge in [-0.15, -0.1) is 0 Å². The molecule has 2 aliphatic heterocycles. The van der Waals surface area contributed by atoms with Crippen molar-refractivity contribution in [1.82, 2.24) is 0 Å². The van der Waals surface area contributed by atoms with Crippen molar-refractivity contribution in [3.8, 4) is 0 Å². The van der Waals surface area contributed by atoms with Crippen molar-refractivity contribution < 1.29 is 14.6 Å². The van der Waals surface area contributed by atoms with Gasteiger partial charge in [0, 0.05) is 12.2 Å². The fourth-order valence-corrected chi connectivity index (χ4v) is 6.52. The molecule has 150 valence electrons. The molecule has 0 spiro atoms. The molecule has 1 aromatic carbocycles. The fourth-order valence-electron chi connectivity index (χ4n) is 4.46. The summed E-state index contributed by atoms with van der Waals surface area (Å²) in [5, 5.41) is 8.68. The van der Waals surface area contributed by atoms with Crippen LogP contribution in [0, 0.1) is 11.8 Å². The number of hydrogen-bond acceptors (Lipinski definition) is 4. The topological polar surface area (TPSA) is 46.5 Å². The third-order valence-electron chi connectivity index (χ3n) is 5.82. The standard InChI is InChI=1S/C22H32O3S2/c23-22(24)8-4-5-13-26-14-11-18-19(21-10-9-20(18)25-21)12-15-27-16-17-6-2-1-3-7-17/h1-3,6-7,18-21H,4-5,8-16H2,(H,23,24)/t18-,19+,20-,21+/m1/s1. The van der Waals surface area contributed by atoms with Gasteiger partial charge in [-0.05, 0) is 73.2 Å². The number of carboxylic acids is 1. The summed E-state index contributed by atoms with van der Waals surface area (Å²) in [4.78, 5) is 10.5. The summed E-state index contributed by atoms with van der Waals surface area (Å²) in [6, 6.07) is 10.7. The van der Waals surface area contributed by atoms with E-state index in [0.29, 0.717) is 18.6 Å². The van der Waals surface area contributed by atoms with Gasteiger partial charge in [0.25, 0.3) is 0 Å². The van der Waals surface area contributed by atoms with E-state index < -0.39 is 5.97 Å². The zero-order valence-electron chi connectivity index (χ0n) is 16.1. The summed E-state index contributed by atoms with van der Waals surface area (Å²) in [6.45, 7) is 0. The number of benzene rings is 1. The summed E-state index contributed by atoms with van der Waals surface area (Å²) in [5.41, 5.74) is 1.42. The van der Waals surface area contributed by atoms with Crippen LogP contribution in [0.15, 0.2) is 30.3 Å². The lowest BCUT2D eigenvalue weighted by Gasteiger charge is -2.28. The van der Waals surface area contributed by atoms with Gasteiger partial charge in [0.1, 0.15) is 0 Å². The molecule has 2 heterocycles. The van der Waals surface area contributed by atoms with Crippen LogP contribution < -0.4 is 0 Å². The first-order valence-corrected chi connectivity index (χ1v) is 12.6. The summed E-state index contributed by atoms with van der Waals surface area (Å²) in [5.74, 6) is 5.44. The maximum Gasteiger partial charge on any atom is 0.303 e. The Morgan fingerprint density at radius 2 is 1.63 bits per heavy atom. The van der Waals surface area contributed by atoms with Gasteiger partial charge >= 0.3 is 5.97 Å². The molecule has 1 N–H and O–H groups in total. The minimum absolute atomic E-state index is 0.309. The smallest absolute Gasteiger partial charge is 0.303 e. The lowest BCUT2D eigenvalue weighted by atomic mass is 9.76. The molecule has 0 radical (unpaired) electrons. The lowest BCUT2D eigenvalue weighted by molar-refractivity contribution is -0.137. The highest BCUT2D eigenvalue weighted by atomic mass is 32.2. The monoisotopic (exact) mass is 408 g/mol. The summed E-state index contributed by atoms with van der Waals surface area (Å²) in [7, 11) is 0. The van der Waals surface area contributed by atoms with Gasteiger partial charge in [-0.1, -0.05) is 30.3 Å². The second kappa shape index (κ2) is 11.4. The van der Waals surface area contributed by atoms with Gasteiger partial charge in [0.2, 0.25) is 0 Å². The highest BCUT2D eigenvalue weighted by molar-refractivity contribution is 7.99. The van der Waals surface area contributed by atoms with E-state index in [9.17, 15) is 4.79 Å². The molecule has 0 amide bonds. The van der Waals surface area contributed by atoms with Crippen LogP contribution in [0.25, 0.3) is 0 Å². The van der Waals surface area contributed by atoms with E-state index in [2.05, 4.69) is 42.1 Å². The molecule has 0 aliphatic carbocycles. The number of unbranched alkanes of at least 4 members (excludes halogenated alkanes) is 1. The molecule has 0 unspecified atom stereocenters. The van der Waals surface area contributed by atoms with Crippen molar-refractivity contribution in [2.75, 3.05) is 17.3 Å². The van der Waals surface area contributed by atoms with Crippen LogP contribution in [0.2, 0.25) is 0 Å². The lowest BCUT2D eigenvalue weighted by Crippen LogP contribution is -2.28. The molecular weight excluding hydrogens is 376 g/mol. The van der Waals surface area contributed by atoms with E-state index in [1.807, 2.05) is 11.8 Å². The van der Waals surface area contributed by atoms with Gasteiger partial charge in [-0.25, -0.2) is 0 Å². The number of fused-ring (bicyclic) bond motifs is 2. The normalized spacial score (nSPS) is 26.5. The van der Waals surface area contributed by atoms with Crippen molar-refractivity contribution in [3.05, 3.63) is 35.9 Å². The van der Waals surface area contributed by atoms with Gasteiger partial charge in [-0.3, -0.25) is 4.79 Å². The van der Waals surface area contributed by atoms with Crippen LogP contribution in [0.4, 0.5) is 0 Å². The summed E-state index contributed by atoms with van der Waals surface area (Å²) >= 11 is 4.05. The second-order valence-electron chi connectivity index (χ2n) is 7.70. The van der Waals surface area contributed by atoms with E-state index in [-0.39, 0.29) is 0 Å². The molecule has 1 aromatic rings. The van der Waals surface area contributed by atoms with Crippen LogP contribution in [0.3, 0.4) is 0 Å². The van der Waals surface area contributed by atoms with Crippen molar-refractivity contribution in [2.45, 2.75) is 62.9 Å². The van der Waals surface area contributed by atoms with Gasteiger partial charge in [0.05, 0.1) is 12.2 Å². The molecule has 0 aromatic heterocycles. The molecule has 2 bridgehead atoms. The molecule has 3 nitrogen and oxygen atoms in total. The highest BCUT2D eigenvalue weighted by Gasteiger charge is 2.47. The van der Waals surface area contributed by atoms with Crippen LogP contribution in [-0.4, -0.2) is 40.5 Å². The van der Waals surface area contributed by atoms with E-state index in [1.54, 1.807) is 0 Å². The van der Waals surface area contributed by atoms with Crippen LogP contribution in [0.5, 0.6) is 0 Å². The van der Waals surface area contributed by atoms with Crippen molar-refractivity contribution in [3.63, 3.8) is 0 Å². The molecule has 2 fully saturated rings. The maximum atomic E-state index is 10.5. The Morgan fingerprint density at radius 3 is 2.30 bits per heavy atom. The zero-order chi connectivity index (χ0) is 18.9. The van der Waals surface area contributed by atoms with E-state index in [4.69, 9.17) is 9.84 Å². The third-order valence-corrected chi connectivity index (χ3v) is 7.99. The number of carbonyl (C=O) groups is 1. The number of thioether (sulfide) groups is 2. The van der Waals surface area contributed by atoms with Crippen LogP contribution in [0.1, 0.15) is 50.5 Å². The summed E-state index contributed by atoms with van der Waals surface area (Å²) < 4.78 is 6.25. The maximum absolute atomic E-state index is 10.5. The van der Waals surface area contributed by atoms with Crippen LogP contribution >= 0.6 is 23.5 Å². The Morgan fingerprint density at radius 1 is 0.963 bits per heavy atom. The first-order valence-electron chi connectivity index (χ1n) is 10.3. The van der Waals surface area contributed by atoms with Gasteiger partial charge in [0.15, 0.2) is 0 Å². The molecular formula is C22H32O3S2. The number of hydrogen-bond donors (Lipinski definition) is 1. The number of aliphatic carboxylic acids is 1. The molecule has 2 aliphatic rings. The number of rotatable bonds is 13. The molecule has 5 heteroatoms. The average Bonchev–Trinajstić information content (AvgIpc) is 3.27. The Balaban J connectivity index is 1.32. The van der Waals surface area contributed by atoms with Crippen molar-refractivity contribution in [2.24, 2.45) is 11.8 Å². The molecule has 2 saturated heterocycles. The Bertz CT molecular complexity index is 566. The molecule has 0 saturated carbocycles. The molecule has 3 rings (SSSR count). The number of ether oxygens (including phenoxy) is 1. The Labute approximate surface area is 172 Å². The molecule has 27 heavy (non-hydrogen) atoms. The predicted octanol–water partition coefficient (Wildman–Crippen LogP) is 5.48. The molecule has 4 atom stereocenters. The summed E-state index contributed by atoms with van der Waals surface area (Å²) in [6.07, 6.45) is 8.22. The zero-order valence-corrected chi connectivity index (χ0v) is 17.7. The van der Waals surface area contributed by atoms with Crippen molar-refractivity contribution in [1.29, 1.82) is 0 Å². The van der Waals surface area contributed by atoms with Crippen molar-refractivity contribution >= 4 is 29.5 Å². The average molecular weight is 409 g/mol. The third kappa shape index (κ3) is 6.72. The Hall–Kier alpha value is -0.650. The largest absolute Gasteiger partial charge is 0.481 e. The number of carboxylic acid groups (broad SMARTS) is 1. The predicted molar refractivity (Wildman–Crippen MR) is 116 cm³/mol. The van der Waals surface area contributed by atoms with E-state index in [0.717, 1.165) is 36.2 Å². The second-order valence-corrected chi connectivity index (χ2v) is 10.0.